The summed E-state index contributed by atoms with van der Waals surface area (Å²) >= 11 is 0. The van der Waals surface area contributed by atoms with Gasteiger partial charge in [-0.25, -0.2) is 0 Å². The van der Waals surface area contributed by atoms with Crippen molar-refractivity contribution in [2.75, 3.05) is 6.54 Å². The number of hydrogen-bond acceptors (Lipinski definition) is 1. The minimum Gasteiger partial charge on any atom is -0.452 e. The molecular formula is C8H16LiN. The van der Waals surface area contributed by atoms with Gasteiger partial charge in [0.05, 0.1) is 0 Å². The van der Waals surface area contributed by atoms with Crippen molar-refractivity contribution in [2.45, 2.75) is 39.2 Å². The maximum atomic E-state index is 2.42. The van der Waals surface area contributed by atoms with Gasteiger partial charge in [0.2, 0.25) is 0 Å². The van der Waals surface area contributed by atoms with Crippen molar-refractivity contribution in [2.24, 2.45) is 0 Å². The Morgan fingerprint density at radius 2 is 1.90 bits per heavy atom. The van der Waals surface area contributed by atoms with E-state index in [9.17, 15) is 0 Å². The fourth-order valence-electron chi connectivity index (χ4n) is 1.21. The van der Waals surface area contributed by atoms with Crippen LogP contribution in [0.2, 0.25) is 0 Å². The molecule has 0 aromatic rings. The monoisotopic (exact) mass is 133 g/mol. The van der Waals surface area contributed by atoms with Crippen LogP contribution < -0.4 is 18.9 Å². The van der Waals surface area contributed by atoms with Gasteiger partial charge in [0.25, 0.3) is 0 Å². The molecule has 0 aromatic carbocycles. The molecule has 0 N–H and O–H groups in total. The fraction of sp³-hybridized carbons (Fsp3) is 0.875. The third kappa shape index (κ3) is 2.66. The van der Waals surface area contributed by atoms with E-state index >= 15 is 0 Å². The zero-order valence-corrected chi connectivity index (χ0v) is 7.65. The van der Waals surface area contributed by atoms with E-state index in [-0.39, 0.29) is 18.9 Å². The first-order valence-electron chi connectivity index (χ1n) is 3.71. The topological polar surface area (TPSA) is 3.24 Å². The van der Waals surface area contributed by atoms with Crippen LogP contribution >= 0.6 is 0 Å². The van der Waals surface area contributed by atoms with E-state index in [1.54, 1.807) is 0 Å². The second-order valence-electron chi connectivity index (χ2n) is 3.69. The van der Waals surface area contributed by atoms with Crippen LogP contribution in [0.1, 0.15) is 33.6 Å². The second-order valence-corrected chi connectivity index (χ2v) is 3.69. The Hall–Kier alpha value is 0.557. The van der Waals surface area contributed by atoms with E-state index in [1.165, 1.54) is 19.4 Å². The van der Waals surface area contributed by atoms with Gasteiger partial charge in [-0.1, -0.05) is 6.42 Å². The first kappa shape index (κ1) is 10.6. The van der Waals surface area contributed by atoms with Crippen LogP contribution in [0.4, 0.5) is 0 Å². The SMILES string of the molecule is CC(C)(C)N1[CH-]CCC1.[Li+]. The van der Waals surface area contributed by atoms with Gasteiger partial charge in [-0.2, -0.15) is 6.42 Å². The van der Waals surface area contributed by atoms with Crippen LogP contribution in [0.25, 0.3) is 0 Å². The van der Waals surface area contributed by atoms with Gasteiger partial charge in [0.15, 0.2) is 0 Å². The summed E-state index contributed by atoms with van der Waals surface area (Å²) in [6.45, 7) is 10.3. The molecule has 1 fully saturated rings. The molecule has 0 amide bonds. The van der Waals surface area contributed by atoms with Gasteiger partial charge in [-0.3, -0.25) is 6.54 Å². The minimum atomic E-state index is 0. The Kier molecular flexibility index (Phi) is 4.02. The zero-order chi connectivity index (χ0) is 6.91. The van der Waals surface area contributed by atoms with Crippen molar-refractivity contribution in [1.82, 2.24) is 4.90 Å². The molecule has 0 spiro atoms. The molecule has 0 aromatic heterocycles. The fourth-order valence-corrected chi connectivity index (χ4v) is 1.21. The van der Waals surface area contributed by atoms with Crippen molar-refractivity contribution in [3.63, 3.8) is 0 Å². The number of rotatable bonds is 0. The quantitative estimate of drug-likeness (QED) is 0.304. The smallest absolute Gasteiger partial charge is 0.452 e. The van der Waals surface area contributed by atoms with Gasteiger partial charge in [0.1, 0.15) is 0 Å². The molecule has 0 aliphatic carbocycles. The molecule has 0 unspecified atom stereocenters. The molecular weight excluding hydrogens is 117 g/mol. The molecule has 0 radical (unpaired) electrons. The van der Waals surface area contributed by atoms with Crippen LogP contribution in [-0.4, -0.2) is 17.0 Å². The summed E-state index contributed by atoms with van der Waals surface area (Å²) in [5, 5.41) is 0. The van der Waals surface area contributed by atoms with E-state index in [0.717, 1.165) is 0 Å². The zero-order valence-electron chi connectivity index (χ0n) is 7.65. The molecule has 1 saturated heterocycles. The summed E-state index contributed by atoms with van der Waals surface area (Å²) in [5.74, 6) is 0. The summed E-state index contributed by atoms with van der Waals surface area (Å²) in [6.07, 6.45) is 2.62. The normalized spacial score (nSPS) is 20.7. The summed E-state index contributed by atoms with van der Waals surface area (Å²) < 4.78 is 0. The maximum Gasteiger partial charge on any atom is 1.00 e. The predicted molar refractivity (Wildman–Crippen MR) is 40.0 cm³/mol. The summed E-state index contributed by atoms with van der Waals surface area (Å²) in [7, 11) is 0. The molecule has 1 nitrogen and oxygen atoms in total. The largest absolute Gasteiger partial charge is 1.00 e. The molecule has 1 aliphatic rings. The van der Waals surface area contributed by atoms with E-state index in [0.29, 0.717) is 5.54 Å². The predicted octanol–water partition coefficient (Wildman–Crippen LogP) is -0.954. The maximum absolute atomic E-state index is 2.42. The molecule has 0 bridgehead atoms. The van der Waals surface area contributed by atoms with E-state index < -0.39 is 0 Å². The van der Waals surface area contributed by atoms with Crippen LogP contribution in [0.15, 0.2) is 0 Å². The molecule has 1 rings (SSSR count). The Bertz CT molecular complexity index is 89.9. The molecule has 0 saturated carbocycles. The van der Waals surface area contributed by atoms with Gasteiger partial charge in [0, 0.05) is 0 Å². The van der Waals surface area contributed by atoms with Gasteiger partial charge >= 0.3 is 18.9 Å². The van der Waals surface area contributed by atoms with Gasteiger partial charge < -0.3 is 4.90 Å². The number of nitrogens with zero attached hydrogens (tertiary/aromatic N) is 1. The van der Waals surface area contributed by atoms with Crippen molar-refractivity contribution in [1.29, 1.82) is 0 Å². The minimum absolute atomic E-state index is 0. The van der Waals surface area contributed by atoms with E-state index in [1.807, 2.05) is 0 Å². The molecule has 54 valence electrons. The van der Waals surface area contributed by atoms with Crippen molar-refractivity contribution in [3.05, 3.63) is 6.54 Å². The summed E-state index contributed by atoms with van der Waals surface area (Å²) in [6, 6.07) is 0. The van der Waals surface area contributed by atoms with Crippen LogP contribution in [0.5, 0.6) is 0 Å². The van der Waals surface area contributed by atoms with Crippen LogP contribution in [0, 0.1) is 6.54 Å². The first-order valence-corrected chi connectivity index (χ1v) is 3.71. The Balaban J connectivity index is 0.000000810. The summed E-state index contributed by atoms with van der Waals surface area (Å²) in [4.78, 5) is 2.42. The summed E-state index contributed by atoms with van der Waals surface area (Å²) in [5.41, 5.74) is 0.358. The van der Waals surface area contributed by atoms with Crippen LogP contribution in [-0.2, 0) is 0 Å². The Labute approximate surface area is 76.3 Å². The van der Waals surface area contributed by atoms with Crippen LogP contribution in [0.3, 0.4) is 0 Å². The third-order valence-corrected chi connectivity index (χ3v) is 1.81. The van der Waals surface area contributed by atoms with Crippen molar-refractivity contribution in [3.8, 4) is 0 Å². The third-order valence-electron chi connectivity index (χ3n) is 1.81. The second kappa shape index (κ2) is 3.81. The molecule has 10 heavy (non-hydrogen) atoms. The molecule has 1 aliphatic heterocycles. The number of likely N-dealkylation sites (tertiary alicyclic amines) is 1. The Morgan fingerprint density at radius 3 is 2.10 bits per heavy atom. The van der Waals surface area contributed by atoms with E-state index in [4.69, 9.17) is 0 Å². The standard InChI is InChI=1S/C8H16N.Li/c1-8(2,3)9-6-4-5-7-9;/h6H,4-5,7H2,1-3H3;/q-1;+1. The average Bonchev–Trinajstić information content (AvgIpc) is 2.08. The molecule has 2 heteroatoms. The average molecular weight is 133 g/mol. The first-order chi connectivity index (χ1) is 4.11. The molecule has 0 atom stereocenters. The molecule has 1 heterocycles. The van der Waals surface area contributed by atoms with E-state index in [2.05, 4.69) is 32.2 Å². The van der Waals surface area contributed by atoms with Crippen molar-refractivity contribution < 1.29 is 18.9 Å². The van der Waals surface area contributed by atoms with Gasteiger partial charge in [-0.15, -0.1) is 0 Å². The van der Waals surface area contributed by atoms with Gasteiger partial charge in [-0.05, 0) is 32.9 Å². The number of hydrogen-bond donors (Lipinski definition) is 0. The van der Waals surface area contributed by atoms with Crippen molar-refractivity contribution >= 4 is 0 Å². The Morgan fingerprint density at radius 1 is 1.30 bits per heavy atom.